The number of piperidine rings is 1. The van der Waals surface area contributed by atoms with Crippen molar-refractivity contribution in [2.45, 2.75) is 25.9 Å². The van der Waals surface area contributed by atoms with Gasteiger partial charge in [0.2, 0.25) is 0 Å². The lowest BCUT2D eigenvalue weighted by atomic mass is 10.1. The molecular formula is C13H19NO2. The largest absolute Gasteiger partial charge is 0.496 e. The second-order valence-electron chi connectivity index (χ2n) is 4.17. The maximum Gasteiger partial charge on any atom is 0.126 e. The van der Waals surface area contributed by atoms with E-state index in [4.69, 9.17) is 9.47 Å². The van der Waals surface area contributed by atoms with Crippen molar-refractivity contribution in [3.05, 3.63) is 23.8 Å². The summed E-state index contributed by atoms with van der Waals surface area (Å²) in [5.74, 6) is 1.83. The minimum absolute atomic E-state index is 0.291. The zero-order valence-electron chi connectivity index (χ0n) is 9.95. The lowest BCUT2D eigenvalue weighted by Crippen LogP contribution is -2.37. The standard InChI is InChI=1S/C13H19NO2/c1-10-12(15-2)6-3-7-13(10)16-11-5-4-8-14-9-11/h3,6-7,11,14H,4-5,8-9H2,1-2H3. The van der Waals surface area contributed by atoms with Crippen molar-refractivity contribution in [1.29, 1.82) is 0 Å². The van der Waals surface area contributed by atoms with Gasteiger partial charge >= 0.3 is 0 Å². The van der Waals surface area contributed by atoms with E-state index in [-0.39, 0.29) is 0 Å². The van der Waals surface area contributed by atoms with Gasteiger partial charge in [0.15, 0.2) is 0 Å². The van der Waals surface area contributed by atoms with Crippen LogP contribution in [0.3, 0.4) is 0 Å². The Kier molecular flexibility index (Phi) is 3.67. The third-order valence-corrected chi connectivity index (χ3v) is 3.00. The molecule has 88 valence electrons. The van der Waals surface area contributed by atoms with Gasteiger partial charge in [0.1, 0.15) is 17.6 Å². The van der Waals surface area contributed by atoms with Gasteiger partial charge in [-0.15, -0.1) is 0 Å². The van der Waals surface area contributed by atoms with Gasteiger partial charge in [0.05, 0.1) is 7.11 Å². The number of benzene rings is 1. The fraction of sp³-hybridized carbons (Fsp3) is 0.538. The highest BCUT2D eigenvalue weighted by Crippen LogP contribution is 2.28. The van der Waals surface area contributed by atoms with E-state index in [0.717, 1.165) is 36.6 Å². The summed E-state index contributed by atoms with van der Waals surface area (Å²) in [7, 11) is 1.69. The molecule has 0 aromatic heterocycles. The Morgan fingerprint density at radius 2 is 2.12 bits per heavy atom. The minimum Gasteiger partial charge on any atom is -0.496 e. The first kappa shape index (κ1) is 11.3. The Labute approximate surface area is 96.8 Å². The molecule has 0 amide bonds. The first-order valence-electron chi connectivity index (χ1n) is 5.82. The van der Waals surface area contributed by atoms with Crippen molar-refractivity contribution in [3.8, 4) is 11.5 Å². The Morgan fingerprint density at radius 1 is 1.31 bits per heavy atom. The third kappa shape index (κ3) is 2.47. The summed E-state index contributed by atoms with van der Waals surface area (Å²) < 4.78 is 11.3. The van der Waals surface area contributed by atoms with Gasteiger partial charge in [-0.25, -0.2) is 0 Å². The second kappa shape index (κ2) is 5.21. The predicted molar refractivity (Wildman–Crippen MR) is 64.3 cm³/mol. The van der Waals surface area contributed by atoms with Crippen LogP contribution in [0.5, 0.6) is 11.5 Å². The summed E-state index contributed by atoms with van der Waals surface area (Å²) in [5, 5.41) is 3.35. The van der Waals surface area contributed by atoms with Crippen LogP contribution in [0.25, 0.3) is 0 Å². The molecule has 1 unspecified atom stereocenters. The number of nitrogens with one attached hydrogen (secondary N) is 1. The molecule has 1 atom stereocenters. The molecule has 0 spiro atoms. The Balaban J connectivity index is 2.08. The molecule has 1 heterocycles. The summed E-state index contributed by atoms with van der Waals surface area (Å²) in [4.78, 5) is 0. The zero-order chi connectivity index (χ0) is 11.4. The summed E-state index contributed by atoms with van der Waals surface area (Å²) >= 11 is 0. The highest BCUT2D eigenvalue weighted by atomic mass is 16.5. The van der Waals surface area contributed by atoms with Crippen molar-refractivity contribution in [2.24, 2.45) is 0 Å². The molecule has 3 heteroatoms. The van der Waals surface area contributed by atoms with Crippen LogP contribution in [-0.2, 0) is 0 Å². The molecular weight excluding hydrogens is 202 g/mol. The van der Waals surface area contributed by atoms with Gasteiger partial charge in [-0.3, -0.25) is 0 Å². The molecule has 1 aliphatic rings. The van der Waals surface area contributed by atoms with Crippen LogP contribution in [0.1, 0.15) is 18.4 Å². The van der Waals surface area contributed by atoms with Crippen LogP contribution >= 0.6 is 0 Å². The second-order valence-corrected chi connectivity index (χ2v) is 4.17. The highest BCUT2D eigenvalue weighted by molar-refractivity contribution is 5.43. The molecule has 2 rings (SSSR count). The average Bonchev–Trinajstić information content (AvgIpc) is 2.33. The molecule has 0 bridgehead atoms. The van der Waals surface area contributed by atoms with Crippen LogP contribution in [0, 0.1) is 6.92 Å². The van der Waals surface area contributed by atoms with Crippen LogP contribution < -0.4 is 14.8 Å². The summed E-state index contributed by atoms with van der Waals surface area (Å²) in [6, 6.07) is 5.94. The maximum absolute atomic E-state index is 5.99. The number of hydrogen-bond acceptors (Lipinski definition) is 3. The van der Waals surface area contributed by atoms with Crippen molar-refractivity contribution in [1.82, 2.24) is 5.32 Å². The van der Waals surface area contributed by atoms with Crippen molar-refractivity contribution in [3.63, 3.8) is 0 Å². The highest BCUT2D eigenvalue weighted by Gasteiger charge is 2.16. The Bertz CT molecular complexity index is 346. The third-order valence-electron chi connectivity index (χ3n) is 3.00. The molecule has 3 nitrogen and oxygen atoms in total. The van der Waals surface area contributed by atoms with E-state index in [1.165, 1.54) is 6.42 Å². The summed E-state index contributed by atoms with van der Waals surface area (Å²) in [5.41, 5.74) is 1.08. The Hall–Kier alpha value is -1.22. The molecule has 1 saturated heterocycles. The maximum atomic E-state index is 5.99. The van der Waals surface area contributed by atoms with E-state index in [2.05, 4.69) is 5.32 Å². The van der Waals surface area contributed by atoms with E-state index < -0.39 is 0 Å². The minimum atomic E-state index is 0.291. The molecule has 1 aromatic carbocycles. The first-order chi connectivity index (χ1) is 7.81. The first-order valence-corrected chi connectivity index (χ1v) is 5.82. The van der Waals surface area contributed by atoms with Crippen LogP contribution in [0.4, 0.5) is 0 Å². The average molecular weight is 221 g/mol. The van der Waals surface area contributed by atoms with Gasteiger partial charge < -0.3 is 14.8 Å². The number of hydrogen-bond donors (Lipinski definition) is 1. The number of ether oxygens (including phenoxy) is 2. The fourth-order valence-corrected chi connectivity index (χ4v) is 2.04. The molecule has 1 aromatic rings. The number of methoxy groups -OCH3 is 1. The van der Waals surface area contributed by atoms with E-state index in [1.807, 2.05) is 25.1 Å². The van der Waals surface area contributed by atoms with Crippen molar-refractivity contribution < 1.29 is 9.47 Å². The molecule has 1 aliphatic heterocycles. The van der Waals surface area contributed by atoms with Gasteiger partial charge in [0, 0.05) is 12.1 Å². The van der Waals surface area contributed by atoms with E-state index >= 15 is 0 Å². The zero-order valence-corrected chi connectivity index (χ0v) is 9.95. The number of rotatable bonds is 3. The molecule has 16 heavy (non-hydrogen) atoms. The molecule has 0 aliphatic carbocycles. The lowest BCUT2D eigenvalue weighted by Gasteiger charge is -2.25. The van der Waals surface area contributed by atoms with Gasteiger partial charge in [-0.2, -0.15) is 0 Å². The summed E-state index contributed by atoms with van der Waals surface area (Å²) in [6.45, 7) is 4.08. The van der Waals surface area contributed by atoms with Gasteiger partial charge in [0.25, 0.3) is 0 Å². The van der Waals surface area contributed by atoms with E-state index in [1.54, 1.807) is 7.11 Å². The monoisotopic (exact) mass is 221 g/mol. The Morgan fingerprint density at radius 3 is 2.81 bits per heavy atom. The van der Waals surface area contributed by atoms with E-state index in [9.17, 15) is 0 Å². The SMILES string of the molecule is COc1cccc(OC2CCCNC2)c1C. The predicted octanol–water partition coefficient (Wildman–Crippen LogP) is 2.13. The van der Waals surface area contributed by atoms with Crippen LogP contribution in [0.2, 0.25) is 0 Å². The quantitative estimate of drug-likeness (QED) is 0.848. The molecule has 0 saturated carbocycles. The van der Waals surface area contributed by atoms with Crippen molar-refractivity contribution >= 4 is 0 Å². The molecule has 1 N–H and O–H groups in total. The lowest BCUT2D eigenvalue weighted by molar-refractivity contribution is 0.165. The topological polar surface area (TPSA) is 30.5 Å². The normalized spacial score (nSPS) is 20.5. The van der Waals surface area contributed by atoms with Gasteiger partial charge in [-0.1, -0.05) is 6.07 Å². The fourth-order valence-electron chi connectivity index (χ4n) is 2.04. The van der Waals surface area contributed by atoms with Gasteiger partial charge in [-0.05, 0) is 38.4 Å². The van der Waals surface area contributed by atoms with Crippen molar-refractivity contribution in [2.75, 3.05) is 20.2 Å². The smallest absolute Gasteiger partial charge is 0.126 e. The van der Waals surface area contributed by atoms with Crippen LogP contribution in [-0.4, -0.2) is 26.3 Å². The molecule has 0 radical (unpaired) electrons. The summed E-state index contributed by atoms with van der Waals surface area (Å²) in [6.07, 6.45) is 2.61. The van der Waals surface area contributed by atoms with Crippen LogP contribution in [0.15, 0.2) is 18.2 Å². The van der Waals surface area contributed by atoms with E-state index in [0.29, 0.717) is 6.10 Å². The molecule has 1 fully saturated rings.